The third-order valence-corrected chi connectivity index (χ3v) is 2.28. The van der Waals surface area contributed by atoms with Gasteiger partial charge in [-0.25, -0.2) is 4.79 Å². The van der Waals surface area contributed by atoms with Gasteiger partial charge in [0.05, 0.1) is 6.61 Å². The summed E-state index contributed by atoms with van der Waals surface area (Å²) in [6.45, 7) is 2.72. The summed E-state index contributed by atoms with van der Waals surface area (Å²) >= 11 is 0. The minimum atomic E-state index is -0.244. The molecule has 1 unspecified atom stereocenters. The molecular weight excluding hydrogens is 168 g/mol. The lowest BCUT2D eigenvalue weighted by Crippen LogP contribution is -2.23. The van der Waals surface area contributed by atoms with Gasteiger partial charge in [-0.1, -0.05) is 0 Å². The molecule has 0 bridgehead atoms. The Morgan fingerprint density at radius 2 is 2.38 bits per heavy atom. The smallest absolute Gasteiger partial charge is 0.409 e. The Morgan fingerprint density at radius 3 is 2.92 bits per heavy atom. The van der Waals surface area contributed by atoms with E-state index in [0.29, 0.717) is 12.5 Å². The van der Waals surface area contributed by atoms with E-state index in [2.05, 4.69) is 5.32 Å². The van der Waals surface area contributed by atoms with Crippen LogP contribution in [0.2, 0.25) is 0 Å². The summed E-state index contributed by atoms with van der Waals surface area (Å²) in [4.78, 5) is 12.5. The monoisotopic (exact) mass is 186 g/mol. The van der Waals surface area contributed by atoms with Crippen LogP contribution in [0.15, 0.2) is 0 Å². The van der Waals surface area contributed by atoms with Crippen molar-refractivity contribution in [3.05, 3.63) is 0 Å². The number of rotatable bonds is 3. The van der Waals surface area contributed by atoms with Crippen molar-refractivity contribution in [2.75, 3.05) is 33.8 Å². The number of hydrogen-bond donors (Lipinski definition) is 1. The third kappa shape index (κ3) is 3.63. The Balaban J connectivity index is 2.03. The van der Waals surface area contributed by atoms with Crippen molar-refractivity contribution in [1.29, 1.82) is 0 Å². The Hall–Kier alpha value is -0.770. The maximum Gasteiger partial charge on any atom is 0.409 e. The first-order chi connectivity index (χ1) is 6.20. The summed E-state index contributed by atoms with van der Waals surface area (Å²) in [5, 5.41) is 3.28. The second-order valence-electron chi connectivity index (χ2n) is 3.66. The SMILES string of the molecule is CN(C)C(=O)OCCC1CCNC1. The van der Waals surface area contributed by atoms with Crippen LogP contribution in [-0.4, -0.2) is 44.8 Å². The van der Waals surface area contributed by atoms with E-state index in [1.54, 1.807) is 14.1 Å². The fraction of sp³-hybridized carbons (Fsp3) is 0.889. The van der Waals surface area contributed by atoms with Gasteiger partial charge in [0.1, 0.15) is 0 Å². The third-order valence-electron chi connectivity index (χ3n) is 2.28. The average molecular weight is 186 g/mol. The summed E-state index contributed by atoms with van der Waals surface area (Å²) in [6.07, 6.45) is 1.94. The summed E-state index contributed by atoms with van der Waals surface area (Å²) in [5.74, 6) is 0.690. The number of carbonyl (C=O) groups is 1. The van der Waals surface area contributed by atoms with E-state index < -0.39 is 0 Å². The van der Waals surface area contributed by atoms with Gasteiger partial charge in [-0.2, -0.15) is 0 Å². The second-order valence-corrected chi connectivity index (χ2v) is 3.66. The largest absolute Gasteiger partial charge is 0.449 e. The van der Waals surface area contributed by atoms with Crippen molar-refractivity contribution in [3.63, 3.8) is 0 Å². The highest BCUT2D eigenvalue weighted by molar-refractivity contribution is 5.66. The highest BCUT2D eigenvalue weighted by atomic mass is 16.6. The number of ether oxygens (including phenoxy) is 1. The zero-order valence-corrected chi connectivity index (χ0v) is 8.38. The van der Waals surface area contributed by atoms with Crippen LogP contribution < -0.4 is 5.32 Å². The number of amides is 1. The van der Waals surface area contributed by atoms with Crippen molar-refractivity contribution < 1.29 is 9.53 Å². The maximum absolute atomic E-state index is 11.0. The molecule has 1 aliphatic rings. The summed E-state index contributed by atoms with van der Waals surface area (Å²) in [5.41, 5.74) is 0. The van der Waals surface area contributed by atoms with Crippen LogP contribution in [0, 0.1) is 5.92 Å². The van der Waals surface area contributed by atoms with Crippen LogP contribution in [-0.2, 0) is 4.74 Å². The molecule has 1 rings (SSSR count). The van der Waals surface area contributed by atoms with E-state index in [1.807, 2.05) is 0 Å². The molecule has 0 radical (unpaired) electrons. The van der Waals surface area contributed by atoms with Gasteiger partial charge in [-0.05, 0) is 31.8 Å². The first-order valence-electron chi connectivity index (χ1n) is 4.75. The minimum Gasteiger partial charge on any atom is -0.449 e. The summed E-state index contributed by atoms with van der Waals surface area (Å²) < 4.78 is 5.02. The van der Waals surface area contributed by atoms with Gasteiger partial charge in [-0.3, -0.25) is 0 Å². The molecule has 4 nitrogen and oxygen atoms in total. The Labute approximate surface area is 79.2 Å². The lowest BCUT2D eigenvalue weighted by Gasteiger charge is -2.12. The molecule has 76 valence electrons. The lowest BCUT2D eigenvalue weighted by molar-refractivity contribution is 0.113. The molecule has 4 heteroatoms. The predicted molar refractivity (Wildman–Crippen MR) is 50.6 cm³/mol. The van der Waals surface area contributed by atoms with Gasteiger partial charge in [-0.15, -0.1) is 0 Å². The molecule has 0 aromatic carbocycles. The first kappa shape index (κ1) is 10.3. The zero-order chi connectivity index (χ0) is 9.68. The zero-order valence-electron chi connectivity index (χ0n) is 8.38. The molecule has 1 fully saturated rings. The van der Waals surface area contributed by atoms with E-state index in [1.165, 1.54) is 11.3 Å². The van der Waals surface area contributed by atoms with Gasteiger partial charge in [0.15, 0.2) is 0 Å². The molecule has 1 amide bonds. The normalized spacial score (nSPS) is 21.5. The number of carbonyl (C=O) groups excluding carboxylic acids is 1. The Bertz CT molecular complexity index is 165. The molecule has 0 aliphatic carbocycles. The number of nitrogens with zero attached hydrogens (tertiary/aromatic N) is 1. The van der Waals surface area contributed by atoms with Crippen LogP contribution in [0.1, 0.15) is 12.8 Å². The molecule has 1 N–H and O–H groups in total. The highest BCUT2D eigenvalue weighted by Gasteiger charge is 2.14. The number of hydrogen-bond acceptors (Lipinski definition) is 3. The fourth-order valence-electron chi connectivity index (χ4n) is 1.40. The van der Waals surface area contributed by atoms with E-state index in [4.69, 9.17) is 4.74 Å². The van der Waals surface area contributed by atoms with Gasteiger partial charge < -0.3 is 15.0 Å². The van der Waals surface area contributed by atoms with Crippen molar-refractivity contribution in [2.45, 2.75) is 12.8 Å². The Morgan fingerprint density at radius 1 is 1.62 bits per heavy atom. The Kier molecular flexibility index (Phi) is 4.02. The van der Waals surface area contributed by atoms with E-state index in [0.717, 1.165) is 19.5 Å². The average Bonchev–Trinajstić information content (AvgIpc) is 2.56. The lowest BCUT2D eigenvalue weighted by atomic mass is 10.1. The van der Waals surface area contributed by atoms with Crippen LogP contribution >= 0.6 is 0 Å². The molecule has 0 aromatic rings. The van der Waals surface area contributed by atoms with Crippen LogP contribution in [0.5, 0.6) is 0 Å². The molecule has 1 heterocycles. The summed E-state index contributed by atoms with van der Waals surface area (Å²) in [6, 6.07) is 0. The van der Waals surface area contributed by atoms with Gasteiger partial charge in [0, 0.05) is 14.1 Å². The first-order valence-corrected chi connectivity index (χ1v) is 4.75. The van der Waals surface area contributed by atoms with Crippen LogP contribution in [0.25, 0.3) is 0 Å². The van der Waals surface area contributed by atoms with Crippen molar-refractivity contribution in [3.8, 4) is 0 Å². The topological polar surface area (TPSA) is 41.6 Å². The van der Waals surface area contributed by atoms with Crippen molar-refractivity contribution >= 4 is 6.09 Å². The van der Waals surface area contributed by atoms with Crippen LogP contribution in [0.4, 0.5) is 4.79 Å². The molecule has 0 aromatic heterocycles. The maximum atomic E-state index is 11.0. The molecule has 0 saturated carbocycles. The van der Waals surface area contributed by atoms with Crippen LogP contribution in [0.3, 0.4) is 0 Å². The number of nitrogens with one attached hydrogen (secondary N) is 1. The quantitative estimate of drug-likeness (QED) is 0.705. The highest BCUT2D eigenvalue weighted by Crippen LogP contribution is 2.11. The van der Waals surface area contributed by atoms with Crippen molar-refractivity contribution in [1.82, 2.24) is 10.2 Å². The molecule has 13 heavy (non-hydrogen) atoms. The molecule has 1 atom stereocenters. The van der Waals surface area contributed by atoms with E-state index in [-0.39, 0.29) is 6.09 Å². The van der Waals surface area contributed by atoms with E-state index >= 15 is 0 Å². The van der Waals surface area contributed by atoms with Gasteiger partial charge >= 0.3 is 6.09 Å². The van der Waals surface area contributed by atoms with Gasteiger partial charge in [0.2, 0.25) is 0 Å². The molecule has 1 saturated heterocycles. The van der Waals surface area contributed by atoms with Crippen molar-refractivity contribution in [2.24, 2.45) is 5.92 Å². The molecule has 1 aliphatic heterocycles. The molecule has 0 spiro atoms. The van der Waals surface area contributed by atoms with Gasteiger partial charge in [0.25, 0.3) is 0 Å². The molecular formula is C9H18N2O2. The second kappa shape index (κ2) is 5.07. The minimum absolute atomic E-state index is 0.244. The summed E-state index contributed by atoms with van der Waals surface area (Å²) in [7, 11) is 3.39. The standard InChI is InChI=1S/C9H18N2O2/c1-11(2)9(12)13-6-4-8-3-5-10-7-8/h8,10H,3-7H2,1-2H3. The predicted octanol–water partition coefficient (Wildman–Crippen LogP) is 0.684. The van der Waals surface area contributed by atoms with E-state index in [9.17, 15) is 4.79 Å². The fourth-order valence-corrected chi connectivity index (χ4v) is 1.40.